The van der Waals surface area contributed by atoms with E-state index < -0.39 is 0 Å². The van der Waals surface area contributed by atoms with E-state index in [4.69, 9.17) is 4.42 Å². The highest BCUT2D eigenvalue weighted by atomic mass is 16.3. The second-order valence-corrected chi connectivity index (χ2v) is 4.85. The van der Waals surface area contributed by atoms with Crippen molar-refractivity contribution in [1.29, 1.82) is 0 Å². The van der Waals surface area contributed by atoms with Crippen molar-refractivity contribution in [3.05, 3.63) is 35.6 Å². The summed E-state index contributed by atoms with van der Waals surface area (Å²) in [6.07, 6.45) is 0. The summed E-state index contributed by atoms with van der Waals surface area (Å²) in [4.78, 5) is 0. The van der Waals surface area contributed by atoms with Gasteiger partial charge in [0.1, 0.15) is 11.3 Å². The third kappa shape index (κ3) is 1.43. The van der Waals surface area contributed by atoms with Crippen LogP contribution >= 0.6 is 0 Å². The smallest absolute Gasteiger partial charge is 0.134 e. The second-order valence-electron chi connectivity index (χ2n) is 4.85. The molecule has 1 heteroatoms. The van der Waals surface area contributed by atoms with Gasteiger partial charge in [-0.3, -0.25) is 0 Å². The largest absolute Gasteiger partial charge is 0.461 e. The molecule has 0 radical (unpaired) electrons. The van der Waals surface area contributed by atoms with Gasteiger partial charge in [-0.2, -0.15) is 0 Å². The fourth-order valence-electron chi connectivity index (χ4n) is 1.58. The van der Waals surface area contributed by atoms with Gasteiger partial charge in [-0.05, 0) is 24.6 Å². The normalized spacial score (nSPS) is 12.3. The average molecular weight is 188 g/mol. The maximum Gasteiger partial charge on any atom is 0.134 e. The molecule has 0 atom stereocenters. The lowest BCUT2D eigenvalue weighted by molar-refractivity contribution is 0.430. The van der Waals surface area contributed by atoms with Crippen molar-refractivity contribution in [3.63, 3.8) is 0 Å². The minimum Gasteiger partial charge on any atom is -0.461 e. The first-order valence-electron chi connectivity index (χ1n) is 4.98. The van der Waals surface area contributed by atoms with E-state index in [1.165, 1.54) is 10.9 Å². The van der Waals surface area contributed by atoms with Crippen LogP contribution in [0.25, 0.3) is 11.0 Å². The Balaban J connectivity index is 2.69. The molecule has 0 aliphatic rings. The zero-order valence-corrected chi connectivity index (χ0v) is 9.22. The predicted molar refractivity (Wildman–Crippen MR) is 59.7 cm³/mol. The maximum atomic E-state index is 5.81. The van der Waals surface area contributed by atoms with Gasteiger partial charge in [0.2, 0.25) is 0 Å². The molecule has 74 valence electrons. The number of fused-ring (bicyclic) bond motifs is 1. The Labute approximate surface area is 84.7 Å². The highest BCUT2D eigenvalue weighted by molar-refractivity contribution is 5.81. The Bertz CT molecular complexity index is 458. The number of furan rings is 1. The van der Waals surface area contributed by atoms with Gasteiger partial charge in [0.15, 0.2) is 0 Å². The highest BCUT2D eigenvalue weighted by Gasteiger charge is 2.18. The van der Waals surface area contributed by atoms with Crippen molar-refractivity contribution in [2.45, 2.75) is 33.1 Å². The molecule has 0 fully saturated rings. The van der Waals surface area contributed by atoms with Gasteiger partial charge in [-0.15, -0.1) is 0 Å². The lowest BCUT2D eigenvalue weighted by Gasteiger charge is -2.13. The molecule has 0 N–H and O–H groups in total. The van der Waals surface area contributed by atoms with Crippen molar-refractivity contribution in [3.8, 4) is 0 Å². The van der Waals surface area contributed by atoms with Crippen molar-refractivity contribution in [2.75, 3.05) is 0 Å². The van der Waals surface area contributed by atoms with Gasteiger partial charge in [-0.25, -0.2) is 0 Å². The first-order chi connectivity index (χ1) is 6.48. The SMILES string of the molecule is Cc1cccc2oc(C(C)(C)C)cc12. The van der Waals surface area contributed by atoms with E-state index >= 15 is 0 Å². The first-order valence-corrected chi connectivity index (χ1v) is 4.98. The monoisotopic (exact) mass is 188 g/mol. The second kappa shape index (κ2) is 2.88. The molecule has 0 spiro atoms. The number of hydrogen-bond donors (Lipinski definition) is 0. The van der Waals surface area contributed by atoms with Crippen LogP contribution in [-0.4, -0.2) is 0 Å². The van der Waals surface area contributed by atoms with Gasteiger partial charge in [0.25, 0.3) is 0 Å². The van der Waals surface area contributed by atoms with E-state index in [1.807, 2.05) is 12.1 Å². The van der Waals surface area contributed by atoms with E-state index in [9.17, 15) is 0 Å². The van der Waals surface area contributed by atoms with Crippen LogP contribution in [-0.2, 0) is 5.41 Å². The van der Waals surface area contributed by atoms with Crippen LogP contribution in [0, 0.1) is 6.92 Å². The molecular weight excluding hydrogens is 172 g/mol. The molecule has 0 unspecified atom stereocenters. The fraction of sp³-hybridized carbons (Fsp3) is 0.385. The number of aryl methyl sites for hydroxylation is 1. The summed E-state index contributed by atoms with van der Waals surface area (Å²) in [6.45, 7) is 8.62. The lowest BCUT2D eigenvalue weighted by atomic mass is 9.93. The Morgan fingerprint density at radius 3 is 2.43 bits per heavy atom. The average Bonchev–Trinajstić information content (AvgIpc) is 2.48. The van der Waals surface area contributed by atoms with Crippen molar-refractivity contribution < 1.29 is 4.42 Å². The standard InChI is InChI=1S/C13H16O/c1-9-6-5-7-11-10(9)8-12(14-11)13(2,3)4/h5-8H,1-4H3. The third-order valence-corrected chi connectivity index (χ3v) is 2.52. The lowest BCUT2D eigenvalue weighted by Crippen LogP contribution is -2.08. The Morgan fingerprint density at radius 1 is 1.14 bits per heavy atom. The van der Waals surface area contributed by atoms with E-state index in [-0.39, 0.29) is 5.41 Å². The summed E-state index contributed by atoms with van der Waals surface area (Å²) < 4.78 is 5.81. The van der Waals surface area contributed by atoms with E-state index in [2.05, 4.69) is 39.8 Å². The molecule has 0 saturated heterocycles. The minimum absolute atomic E-state index is 0.0888. The maximum absolute atomic E-state index is 5.81. The summed E-state index contributed by atoms with van der Waals surface area (Å²) in [5.74, 6) is 1.06. The summed E-state index contributed by atoms with van der Waals surface area (Å²) in [7, 11) is 0. The molecule has 2 rings (SSSR count). The van der Waals surface area contributed by atoms with Crippen LogP contribution in [0.2, 0.25) is 0 Å². The summed E-state index contributed by atoms with van der Waals surface area (Å²) in [6, 6.07) is 8.33. The molecule has 1 nitrogen and oxygen atoms in total. The molecule has 1 heterocycles. The highest BCUT2D eigenvalue weighted by Crippen LogP contribution is 2.30. The zero-order chi connectivity index (χ0) is 10.3. The minimum atomic E-state index is 0.0888. The Kier molecular flexibility index (Phi) is 1.91. The predicted octanol–water partition coefficient (Wildman–Crippen LogP) is 4.04. The van der Waals surface area contributed by atoms with Crippen LogP contribution in [0.3, 0.4) is 0 Å². The molecule has 0 aliphatic carbocycles. The molecule has 2 aromatic rings. The van der Waals surface area contributed by atoms with Crippen LogP contribution in [0.5, 0.6) is 0 Å². The first kappa shape index (κ1) is 9.32. The molecule has 1 aromatic heterocycles. The van der Waals surface area contributed by atoms with E-state index in [0.717, 1.165) is 11.3 Å². The molecule has 0 saturated carbocycles. The van der Waals surface area contributed by atoms with Crippen LogP contribution in [0.4, 0.5) is 0 Å². The molecule has 1 aromatic carbocycles. The van der Waals surface area contributed by atoms with Crippen LogP contribution in [0.1, 0.15) is 32.1 Å². The molecule has 0 amide bonds. The van der Waals surface area contributed by atoms with Crippen molar-refractivity contribution in [1.82, 2.24) is 0 Å². The molecule has 14 heavy (non-hydrogen) atoms. The van der Waals surface area contributed by atoms with Gasteiger partial charge in [0.05, 0.1) is 0 Å². The Morgan fingerprint density at radius 2 is 1.86 bits per heavy atom. The summed E-state index contributed by atoms with van der Waals surface area (Å²) in [5.41, 5.74) is 2.36. The number of hydrogen-bond acceptors (Lipinski definition) is 1. The molecular formula is C13H16O. The van der Waals surface area contributed by atoms with Gasteiger partial charge in [0, 0.05) is 10.8 Å². The fourth-order valence-corrected chi connectivity index (χ4v) is 1.58. The Hall–Kier alpha value is -1.24. The van der Waals surface area contributed by atoms with Crippen LogP contribution < -0.4 is 0 Å². The van der Waals surface area contributed by atoms with E-state index in [1.54, 1.807) is 0 Å². The van der Waals surface area contributed by atoms with Crippen molar-refractivity contribution in [2.24, 2.45) is 0 Å². The quantitative estimate of drug-likeness (QED) is 0.608. The summed E-state index contributed by atoms with van der Waals surface area (Å²) >= 11 is 0. The van der Waals surface area contributed by atoms with Crippen LogP contribution in [0.15, 0.2) is 28.7 Å². The topological polar surface area (TPSA) is 13.1 Å². The van der Waals surface area contributed by atoms with Gasteiger partial charge < -0.3 is 4.42 Å². The molecule has 0 aliphatic heterocycles. The summed E-state index contributed by atoms with van der Waals surface area (Å²) in [5, 5.41) is 1.23. The van der Waals surface area contributed by atoms with Crippen molar-refractivity contribution >= 4 is 11.0 Å². The van der Waals surface area contributed by atoms with Gasteiger partial charge in [-0.1, -0.05) is 32.9 Å². The number of rotatable bonds is 0. The molecule has 0 bridgehead atoms. The van der Waals surface area contributed by atoms with E-state index in [0.29, 0.717) is 0 Å². The number of benzene rings is 1. The third-order valence-electron chi connectivity index (χ3n) is 2.52. The zero-order valence-electron chi connectivity index (χ0n) is 9.22. The van der Waals surface area contributed by atoms with Gasteiger partial charge >= 0.3 is 0 Å².